The first-order chi connectivity index (χ1) is 9.78. The van der Waals surface area contributed by atoms with Gasteiger partial charge in [-0.05, 0) is 44.9 Å². The van der Waals surface area contributed by atoms with Gasteiger partial charge in [0.15, 0.2) is 0 Å². The molecule has 2 fully saturated rings. The maximum Gasteiger partial charge on any atom is 0.323 e. The van der Waals surface area contributed by atoms with E-state index in [0.29, 0.717) is 30.6 Å². The fourth-order valence-corrected chi connectivity index (χ4v) is 3.44. The van der Waals surface area contributed by atoms with E-state index in [0.717, 1.165) is 18.4 Å². The van der Waals surface area contributed by atoms with E-state index in [4.69, 9.17) is 4.74 Å². The second kappa shape index (κ2) is 5.81. The minimum Gasteiger partial charge on any atom is -0.464 e. The Morgan fingerprint density at radius 2 is 1.95 bits per heavy atom. The largest absolute Gasteiger partial charge is 0.464 e. The van der Waals surface area contributed by atoms with Crippen molar-refractivity contribution < 1.29 is 4.74 Å². The summed E-state index contributed by atoms with van der Waals surface area (Å²) in [5.74, 6) is 2.90. The number of fused-ring (bicyclic) bond motifs is 2. The van der Waals surface area contributed by atoms with E-state index >= 15 is 0 Å². The van der Waals surface area contributed by atoms with Crippen molar-refractivity contribution in [2.45, 2.75) is 45.6 Å². The number of hydrogen-bond donors (Lipinski definition) is 2. The van der Waals surface area contributed by atoms with E-state index in [1.807, 2.05) is 13.8 Å². The number of aromatic nitrogens is 3. The third kappa shape index (κ3) is 2.78. The molecule has 0 aromatic carbocycles. The van der Waals surface area contributed by atoms with E-state index in [2.05, 4.69) is 25.6 Å². The normalized spacial score (nSPS) is 27.6. The summed E-state index contributed by atoms with van der Waals surface area (Å²) in [5, 5.41) is 6.61. The summed E-state index contributed by atoms with van der Waals surface area (Å²) in [5.41, 5.74) is 0. The van der Waals surface area contributed by atoms with Gasteiger partial charge >= 0.3 is 6.01 Å². The first-order valence-electron chi connectivity index (χ1n) is 7.67. The molecule has 2 aliphatic rings. The topological polar surface area (TPSA) is 72.0 Å². The fourth-order valence-electron chi connectivity index (χ4n) is 3.44. The van der Waals surface area contributed by atoms with Gasteiger partial charge in [-0.15, -0.1) is 0 Å². The standard InChI is InChI=1S/C14H23N5O/c1-3-15-12-17-13(19-14(18-12)20-4-2)16-11-8-9-5-6-10(11)7-9/h9-11H,3-8H2,1-2H3,(H2,15,16,17,18,19). The molecule has 2 aliphatic carbocycles. The Morgan fingerprint density at radius 3 is 2.60 bits per heavy atom. The summed E-state index contributed by atoms with van der Waals surface area (Å²) in [6.07, 6.45) is 5.34. The van der Waals surface area contributed by atoms with Crippen LogP contribution in [0.25, 0.3) is 0 Å². The molecule has 0 saturated heterocycles. The van der Waals surface area contributed by atoms with Crippen LogP contribution >= 0.6 is 0 Å². The van der Waals surface area contributed by atoms with Crippen LogP contribution in [0.1, 0.15) is 39.5 Å². The molecule has 3 unspecified atom stereocenters. The van der Waals surface area contributed by atoms with Gasteiger partial charge in [0.1, 0.15) is 0 Å². The number of anilines is 2. The Bertz CT molecular complexity index is 443. The lowest BCUT2D eigenvalue weighted by Crippen LogP contribution is -2.27. The van der Waals surface area contributed by atoms with Crippen LogP contribution in [-0.4, -0.2) is 34.1 Å². The van der Waals surface area contributed by atoms with Gasteiger partial charge in [-0.2, -0.15) is 15.0 Å². The molecule has 2 bridgehead atoms. The highest BCUT2D eigenvalue weighted by molar-refractivity contribution is 5.37. The van der Waals surface area contributed by atoms with E-state index in [1.54, 1.807) is 0 Å². The maximum absolute atomic E-state index is 5.42. The van der Waals surface area contributed by atoms with Crippen LogP contribution in [0, 0.1) is 11.8 Å². The van der Waals surface area contributed by atoms with E-state index in [9.17, 15) is 0 Å². The Kier molecular flexibility index (Phi) is 3.89. The van der Waals surface area contributed by atoms with Crippen molar-refractivity contribution in [2.75, 3.05) is 23.8 Å². The molecule has 0 spiro atoms. The average molecular weight is 277 g/mol. The van der Waals surface area contributed by atoms with Crippen molar-refractivity contribution in [1.82, 2.24) is 15.0 Å². The molecule has 0 amide bonds. The highest BCUT2D eigenvalue weighted by Gasteiger charge is 2.39. The second-order valence-electron chi connectivity index (χ2n) is 5.65. The van der Waals surface area contributed by atoms with Crippen molar-refractivity contribution in [3.63, 3.8) is 0 Å². The summed E-state index contributed by atoms with van der Waals surface area (Å²) in [6.45, 7) is 5.29. The van der Waals surface area contributed by atoms with E-state index in [-0.39, 0.29) is 0 Å². The Hall–Kier alpha value is -1.59. The maximum atomic E-state index is 5.42. The summed E-state index contributed by atoms with van der Waals surface area (Å²) in [7, 11) is 0. The molecule has 6 nitrogen and oxygen atoms in total. The van der Waals surface area contributed by atoms with Crippen molar-refractivity contribution in [1.29, 1.82) is 0 Å². The smallest absolute Gasteiger partial charge is 0.323 e. The number of nitrogens with one attached hydrogen (secondary N) is 2. The molecule has 1 aromatic rings. The van der Waals surface area contributed by atoms with Crippen molar-refractivity contribution in [3.8, 4) is 6.01 Å². The molecular formula is C14H23N5O. The zero-order valence-corrected chi connectivity index (χ0v) is 12.2. The van der Waals surface area contributed by atoms with Crippen LogP contribution in [0.4, 0.5) is 11.9 Å². The third-order valence-corrected chi connectivity index (χ3v) is 4.28. The van der Waals surface area contributed by atoms with Crippen LogP contribution in [-0.2, 0) is 0 Å². The molecule has 6 heteroatoms. The van der Waals surface area contributed by atoms with Crippen molar-refractivity contribution >= 4 is 11.9 Å². The van der Waals surface area contributed by atoms with Crippen LogP contribution in [0.2, 0.25) is 0 Å². The molecular weight excluding hydrogens is 254 g/mol. The van der Waals surface area contributed by atoms with Gasteiger partial charge < -0.3 is 15.4 Å². The number of ether oxygens (including phenoxy) is 1. The second-order valence-corrected chi connectivity index (χ2v) is 5.65. The van der Waals surface area contributed by atoms with Crippen molar-refractivity contribution in [2.24, 2.45) is 11.8 Å². The zero-order valence-electron chi connectivity index (χ0n) is 12.2. The van der Waals surface area contributed by atoms with Gasteiger partial charge in [-0.1, -0.05) is 6.42 Å². The van der Waals surface area contributed by atoms with Crippen LogP contribution < -0.4 is 15.4 Å². The monoisotopic (exact) mass is 277 g/mol. The first-order valence-corrected chi connectivity index (χ1v) is 7.67. The molecule has 0 radical (unpaired) electrons. The molecule has 2 saturated carbocycles. The summed E-state index contributed by atoms with van der Waals surface area (Å²) in [4.78, 5) is 13.0. The Balaban J connectivity index is 1.73. The summed E-state index contributed by atoms with van der Waals surface area (Å²) >= 11 is 0. The third-order valence-electron chi connectivity index (χ3n) is 4.28. The predicted octanol–water partition coefficient (Wildman–Crippen LogP) is 2.30. The average Bonchev–Trinajstić information content (AvgIpc) is 3.01. The van der Waals surface area contributed by atoms with Gasteiger partial charge in [0.25, 0.3) is 0 Å². The van der Waals surface area contributed by atoms with Crippen LogP contribution in [0.5, 0.6) is 6.01 Å². The molecule has 0 aliphatic heterocycles. The van der Waals surface area contributed by atoms with Gasteiger partial charge in [-0.3, -0.25) is 0 Å². The summed E-state index contributed by atoms with van der Waals surface area (Å²) < 4.78 is 5.42. The van der Waals surface area contributed by atoms with Gasteiger partial charge in [0.05, 0.1) is 6.61 Å². The fraction of sp³-hybridized carbons (Fsp3) is 0.786. The lowest BCUT2D eigenvalue weighted by atomic mass is 9.95. The highest BCUT2D eigenvalue weighted by atomic mass is 16.5. The molecule has 1 heterocycles. The zero-order chi connectivity index (χ0) is 13.9. The molecule has 20 heavy (non-hydrogen) atoms. The van der Waals surface area contributed by atoms with Gasteiger partial charge in [0.2, 0.25) is 11.9 Å². The quantitative estimate of drug-likeness (QED) is 0.831. The Labute approximate surface area is 119 Å². The lowest BCUT2D eigenvalue weighted by molar-refractivity contribution is 0.312. The van der Waals surface area contributed by atoms with Crippen molar-refractivity contribution in [3.05, 3.63) is 0 Å². The van der Waals surface area contributed by atoms with Crippen LogP contribution in [0.3, 0.4) is 0 Å². The number of nitrogens with zero attached hydrogens (tertiary/aromatic N) is 3. The SMILES string of the molecule is CCNc1nc(NC2CC3CCC2C3)nc(OCC)n1. The van der Waals surface area contributed by atoms with E-state index in [1.165, 1.54) is 25.7 Å². The number of hydrogen-bond acceptors (Lipinski definition) is 6. The lowest BCUT2D eigenvalue weighted by Gasteiger charge is -2.23. The minimum atomic E-state index is 0.393. The number of rotatable bonds is 6. The van der Waals surface area contributed by atoms with E-state index < -0.39 is 0 Å². The summed E-state index contributed by atoms with van der Waals surface area (Å²) in [6, 6.07) is 0.907. The first kappa shape index (κ1) is 13.4. The predicted molar refractivity (Wildman–Crippen MR) is 78.0 cm³/mol. The molecule has 3 atom stereocenters. The minimum absolute atomic E-state index is 0.393. The highest BCUT2D eigenvalue weighted by Crippen LogP contribution is 2.45. The van der Waals surface area contributed by atoms with Gasteiger partial charge in [-0.25, -0.2) is 0 Å². The molecule has 110 valence electrons. The van der Waals surface area contributed by atoms with Gasteiger partial charge in [0, 0.05) is 12.6 Å². The molecule has 1 aromatic heterocycles. The van der Waals surface area contributed by atoms with Crippen LogP contribution in [0.15, 0.2) is 0 Å². The Morgan fingerprint density at radius 1 is 1.10 bits per heavy atom. The molecule has 2 N–H and O–H groups in total. The molecule has 3 rings (SSSR count).